The zero-order valence-corrected chi connectivity index (χ0v) is 15.7. The normalized spacial score (nSPS) is 24.6. The Hall–Kier alpha value is -1.93. The van der Waals surface area contributed by atoms with Crippen LogP contribution in [0.15, 0.2) is 29.2 Å². The van der Waals surface area contributed by atoms with E-state index in [0.717, 1.165) is 19.3 Å². The molecule has 0 saturated carbocycles. The Morgan fingerprint density at radius 3 is 2.42 bits per heavy atom. The van der Waals surface area contributed by atoms with Crippen LogP contribution in [0.3, 0.4) is 0 Å². The Labute approximate surface area is 153 Å². The first kappa shape index (κ1) is 18.8. The van der Waals surface area contributed by atoms with Crippen LogP contribution in [0.4, 0.5) is 0 Å². The Bertz CT molecular complexity index is 817. The molecule has 0 radical (unpaired) electrons. The van der Waals surface area contributed by atoms with Gasteiger partial charge < -0.3 is 10.0 Å². The number of piperidine rings is 1. The number of benzene rings is 1. The molecule has 1 atom stereocenters. The minimum atomic E-state index is -3.61. The third-order valence-electron chi connectivity index (χ3n) is 5.31. The molecule has 8 heteroatoms. The summed E-state index contributed by atoms with van der Waals surface area (Å²) in [4.78, 5) is 25.7. The average molecular weight is 380 g/mol. The fourth-order valence-corrected chi connectivity index (χ4v) is 5.10. The summed E-state index contributed by atoms with van der Waals surface area (Å²) in [7, 11) is -3.61. The van der Waals surface area contributed by atoms with Gasteiger partial charge in [-0.1, -0.05) is 12.5 Å². The van der Waals surface area contributed by atoms with Gasteiger partial charge in [-0.3, -0.25) is 9.59 Å². The molecule has 3 rings (SSSR count). The van der Waals surface area contributed by atoms with Crippen LogP contribution in [0, 0.1) is 5.41 Å². The lowest BCUT2D eigenvalue weighted by molar-refractivity contribution is -0.147. The summed E-state index contributed by atoms with van der Waals surface area (Å²) in [6.07, 6.45) is 3.11. The quantitative estimate of drug-likeness (QED) is 0.859. The number of carbonyl (C=O) groups excluding carboxylic acids is 1. The second-order valence-electron chi connectivity index (χ2n) is 7.34. The van der Waals surface area contributed by atoms with Crippen LogP contribution in [-0.2, 0) is 14.8 Å². The summed E-state index contributed by atoms with van der Waals surface area (Å²) in [5, 5.41) is 9.31. The van der Waals surface area contributed by atoms with E-state index >= 15 is 0 Å². The molecule has 0 spiro atoms. The maximum atomic E-state index is 12.8. The number of nitrogens with zero attached hydrogens (tertiary/aromatic N) is 2. The maximum absolute atomic E-state index is 12.8. The van der Waals surface area contributed by atoms with Crippen LogP contribution in [0.5, 0.6) is 0 Å². The van der Waals surface area contributed by atoms with Crippen molar-refractivity contribution in [2.24, 2.45) is 5.41 Å². The lowest BCUT2D eigenvalue weighted by Crippen LogP contribution is -2.36. The highest BCUT2D eigenvalue weighted by atomic mass is 32.2. The fourth-order valence-electron chi connectivity index (χ4n) is 3.54. The lowest BCUT2D eigenvalue weighted by atomic mass is 9.90. The summed E-state index contributed by atoms with van der Waals surface area (Å²) in [5.74, 6) is -1.25. The van der Waals surface area contributed by atoms with E-state index in [1.54, 1.807) is 19.1 Å². The lowest BCUT2D eigenvalue weighted by Gasteiger charge is -2.26. The largest absolute Gasteiger partial charge is 0.481 e. The highest BCUT2D eigenvalue weighted by molar-refractivity contribution is 7.89. The molecule has 1 amide bonds. The monoisotopic (exact) mass is 380 g/mol. The minimum absolute atomic E-state index is 0.116. The highest BCUT2D eigenvalue weighted by Crippen LogP contribution is 2.31. The van der Waals surface area contributed by atoms with Gasteiger partial charge >= 0.3 is 5.97 Å². The first-order chi connectivity index (χ1) is 12.2. The first-order valence-corrected chi connectivity index (χ1v) is 10.3. The molecule has 1 unspecified atom stereocenters. The Kier molecular flexibility index (Phi) is 5.07. The van der Waals surface area contributed by atoms with Crippen molar-refractivity contribution in [3.8, 4) is 0 Å². The van der Waals surface area contributed by atoms with Gasteiger partial charge in [-0.15, -0.1) is 0 Å². The smallest absolute Gasteiger partial charge is 0.311 e. The molecule has 0 aromatic heterocycles. The summed E-state index contributed by atoms with van der Waals surface area (Å²) in [6.45, 7) is 3.11. The molecule has 7 nitrogen and oxygen atoms in total. The number of carboxylic acids is 1. The second-order valence-corrected chi connectivity index (χ2v) is 9.27. The van der Waals surface area contributed by atoms with Crippen LogP contribution >= 0.6 is 0 Å². The van der Waals surface area contributed by atoms with Gasteiger partial charge in [-0.05, 0) is 44.4 Å². The Balaban J connectivity index is 1.81. The first-order valence-electron chi connectivity index (χ1n) is 8.87. The van der Waals surface area contributed by atoms with E-state index in [1.165, 1.54) is 21.3 Å². The number of hydrogen-bond donors (Lipinski definition) is 1. The molecule has 26 heavy (non-hydrogen) atoms. The molecule has 1 N–H and O–H groups in total. The molecule has 2 saturated heterocycles. The van der Waals surface area contributed by atoms with Gasteiger partial charge in [0.15, 0.2) is 0 Å². The van der Waals surface area contributed by atoms with E-state index in [0.29, 0.717) is 26.1 Å². The predicted molar refractivity (Wildman–Crippen MR) is 95.3 cm³/mol. The Morgan fingerprint density at radius 2 is 1.81 bits per heavy atom. The van der Waals surface area contributed by atoms with Crippen molar-refractivity contribution in [1.29, 1.82) is 0 Å². The molecule has 142 valence electrons. The van der Waals surface area contributed by atoms with Gasteiger partial charge in [-0.2, -0.15) is 4.31 Å². The summed E-state index contributed by atoms with van der Waals surface area (Å²) in [6, 6.07) is 6.05. The zero-order chi connectivity index (χ0) is 18.9. The van der Waals surface area contributed by atoms with Gasteiger partial charge in [0.1, 0.15) is 0 Å². The van der Waals surface area contributed by atoms with E-state index < -0.39 is 21.4 Å². The topological polar surface area (TPSA) is 95.0 Å². The molecule has 2 heterocycles. The number of amides is 1. The predicted octanol–water partition coefficient (Wildman–Crippen LogP) is 1.80. The number of hydrogen-bond acceptors (Lipinski definition) is 4. The van der Waals surface area contributed by atoms with Crippen molar-refractivity contribution < 1.29 is 23.1 Å². The molecule has 0 aliphatic carbocycles. The van der Waals surface area contributed by atoms with Crippen LogP contribution in [-0.4, -0.2) is 60.8 Å². The van der Waals surface area contributed by atoms with Gasteiger partial charge in [0.2, 0.25) is 10.0 Å². The third-order valence-corrected chi connectivity index (χ3v) is 7.21. The molecule has 1 aromatic rings. The van der Waals surface area contributed by atoms with Crippen LogP contribution in [0.1, 0.15) is 43.0 Å². The summed E-state index contributed by atoms with van der Waals surface area (Å²) in [5.41, 5.74) is -0.676. The number of aliphatic carboxylic acids is 1. The van der Waals surface area contributed by atoms with Gasteiger partial charge in [0.05, 0.1) is 10.3 Å². The van der Waals surface area contributed by atoms with E-state index in [2.05, 4.69) is 0 Å². The number of carbonyl (C=O) groups is 2. The average Bonchev–Trinajstić information content (AvgIpc) is 3.06. The van der Waals surface area contributed by atoms with Crippen molar-refractivity contribution in [2.75, 3.05) is 26.2 Å². The van der Waals surface area contributed by atoms with Gasteiger partial charge in [0.25, 0.3) is 5.91 Å². The number of likely N-dealkylation sites (tertiary alicyclic amines) is 1. The van der Waals surface area contributed by atoms with Crippen molar-refractivity contribution >= 4 is 21.9 Å². The standard InChI is InChI=1S/C18H24N2O5S/c1-18(17(22)23)8-11-19(13-18)16(21)14-6-5-7-15(12-14)26(24,25)20-9-3-2-4-10-20/h5-7,12H,2-4,8-11,13H2,1H3,(H,22,23). The fraction of sp³-hybridized carbons (Fsp3) is 0.556. The van der Waals surface area contributed by atoms with Gasteiger partial charge in [0, 0.05) is 31.7 Å². The molecular weight excluding hydrogens is 356 g/mol. The molecule has 0 bridgehead atoms. The van der Waals surface area contributed by atoms with Crippen molar-refractivity contribution in [1.82, 2.24) is 9.21 Å². The maximum Gasteiger partial charge on any atom is 0.311 e. The van der Waals surface area contributed by atoms with Crippen LogP contribution < -0.4 is 0 Å². The highest BCUT2D eigenvalue weighted by Gasteiger charge is 2.42. The third kappa shape index (κ3) is 3.48. The molecule has 2 aliphatic heterocycles. The Morgan fingerprint density at radius 1 is 1.12 bits per heavy atom. The van der Waals surface area contributed by atoms with E-state index in [-0.39, 0.29) is 22.9 Å². The van der Waals surface area contributed by atoms with Crippen molar-refractivity contribution in [3.05, 3.63) is 29.8 Å². The molecule has 1 aromatic carbocycles. The second kappa shape index (κ2) is 7.00. The van der Waals surface area contributed by atoms with E-state index in [4.69, 9.17) is 0 Å². The van der Waals surface area contributed by atoms with Crippen molar-refractivity contribution in [2.45, 2.75) is 37.5 Å². The van der Waals surface area contributed by atoms with E-state index in [1.807, 2.05) is 0 Å². The van der Waals surface area contributed by atoms with E-state index in [9.17, 15) is 23.1 Å². The number of rotatable bonds is 4. The summed E-state index contributed by atoms with van der Waals surface area (Å²) >= 11 is 0. The number of sulfonamides is 1. The molecule has 2 aliphatic rings. The SMILES string of the molecule is CC1(C(=O)O)CCN(C(=O)c2cccc(S(=O)(=O)N3CCCCC3)c2)C1. The minimum Gasteiger partial charge on any atom is -0.481 e. The number of carboxylic acid groups (broad SMARTS) is 1. The van der Waals surface area contributed by atoms with Crippen LogP contribution in [0.25, 0.3) is 0 Å². The molecule has 2 fully saturated rings. The zero-order valence-electron chi connectivity index (χ0n) is 14.8. The molecular formula is C18H24N2O5S. The van der Waals surface area contributed by atoms with Gasteiger partial charge in [-0.25, -0.2) is 8.42 Å². The summed E-state index contributed by atoms with van der Waals surface area (Å²) < 4.78 is 27.1. The van der Waals surface area contributed by atoms with Crippen LogP contribution in [0.2, 0.25) is 0 Å². The van der Waals surface area contributed by atoms with Crippen molar-refractivity contribution in [3.63, 3.8) is 0 Å².